The van der Waals surface area contributed by atoms with Crippen LogP contribution < -0.4 is 0 Å². The third-order valence-electron chi connectivity index (χ3n) is 4.32. The number of likely N-dealkylation sites (tertiary alicyclic amines) is 1. The molecule has 1 aromatic rings. The first-order valence-corrected chi connectivity index (χ1v) is 10.0. The fourth-order valence-electron chi connectivity index (χ4n) is 3.24. The molecule has 0 N–H and O–H groups in total. The summed E-state index contributed by atoms with van der Waals surface area (Å²) in [5.74, 6) is 0.362. The molecule has 128 valence electrons. The second kappa shape index (κ2) is 7.22. The number of hydrogen-bond acceptors (Lipinski definition) is 3. The van der Waals surface area contributed by atoms with Crippen molar-refractivity contribution < 1.29 is 13.2 Å². The van der Waals surface area contributed by atoms with Crippen molar-refractivity contribution in [1.29, 1.82) is 0 Å². The van der Waals surface area contributed by atoms with Crippen LogP contribution in [0, 0.1) is 11.8 Å². The fraction of sp³-hybridized carbons (Fsp3) is 0.588. The molecule has 1 heterocycles. The number of carbonyl (C=O) groups excluding carboxylic acids is 1. The lowest BCUT2D eigenvalue weighted by Crippen LogP contribution is -2.48. The quantitative estimate of drug-likeness (QED) is 0.831. The summed E-state index contributed by atoms with van der Waals surface area (Å²) >= 11 is 5.90. The second-order valence-corrected chi connectivity index (χ2v) is 9.53. The largest absolute Gasteiger partial charge is 0.341 e. The maximum atomic E-state index is 12.6. The third kappa shape index (κ3) is 4.70. The predicted molar refractivity (Wildman–Crippen MR) is 93.1 cm³/mol. The number of sulfone groups is 1. The van der Waals surface area contributed by atoms with Gasteiger partial charge in [0.15, 0.2) is 9.84 Å². The van der Waals surface area contributed by atoms with Crippen LogP contribution in [0.2, 0.25) is 5.02 Å². The van der Waals surface area contributed by atoms with Crippen LogP contribution in [0.3, 0.4) is 0 Å². The zero-order valence-electron chi connectivity index (χ0n) is 13.8. The van der Waals surface area contributed by atoms with Crippen molar-refractivity contribution in [2.75, 3.05) is 13.1 Å². The van der Waals surface area contributed by atoms with Crippen LogP contribution in [-0.4, -0.2) is 37.6 Å². The molecule has 0 unspecified atom stereocenters. The first-order valence-electron chi connectivity index (χ1n) is 7.94. The summed E-state index contributed by atoms with van der Waals surface area (Å²) in [6.07, 6.45) is 1.08. The van der Waals surface area contributed by atoms with Gasteiger partial charge in [-0.1, -0.05) is 37.6 Å². The van der Waals surface area contributed by atoms with Gasteiger partial charge in [0.2, 0.25) is 5.91 Å². The van der Waals surface area contributed by atoms with Gasteiger partial charge >= 0.3 is 0 Å². The summed E-state index contributed by atoms with van der Waals surface area (Å²) in [7, 11) is -3.56. The van der Waals surface area contributed by atoms with Crippen LogP contribution in [0.1, 0.15) is 32.8 Å². The first kappa shape index (κ1) is 18.3. The van der Waals surface area contributed by atoms with E-state index >= 15 is 0 Å². The van der Waals surface area contributed by atoms with E-state index in [2.05, 4.69) is 13.8 Å². The van der Waals surface area contributed by atoms with Gasteiger partial charge in [-0.05, 0) is 42.9 Å². The lowest BCUT2D eigenvalue weighted by molar-refractivity contribution is -0.133. The van der Waals surface area contributed by atoms with Gasteiger partial charge in [-0.2, -0.15) is 0 Å². The molecule has 1 fully saturated rings. The molecule has 1 amide bonds. The smallest absolute Gasteiger partial charge is 0.240 e. The monoisotopic (exact) mass is 357 g/mol. The highest BCUT2D eigenvalue weighted by molar-refractivity contribution is 7.92. The molecule has 0 aromatic heterocycles. The van der Waals surface area contributed by atoms with E-state index in [1.54, 1.807) is 29.2 Å². The summed E-state index contributed by atoms with van der Waals surface area (Å²) in [6.45, 7) is 6.97. The number of piperidine rings is 1. The Balaban J connectivity index is 2.11. The molecule has 1 aromatic carbocycles. The minimum atomic E-state index is -3.56. The van der Waals surface area contributed by atoms with E-state index in [9.17, 15) is 13.2 Å². The summed E-state index contributed by atoms with van der Waals surface area (Å²) in [6, 6.07) is 6.75. The molecule has 0 radical (unpaired) electrons. The Hall–Kier alpha value is -1.07. The van der Waals surface area contributed by atoms with Gasteiger partial charge in [0.25, 0.3) is 0 Å². The first-order chi connectivity index (χ1) is 10.7. The Morgan fingerprint density at radius 1 is 1.30 bits per heavy atom. The van der Waals surface area contributed by atoms with Crippen molar-refractivity contribution >= 4 is 27.3 Å². The van der Waals surface area contributed by atoms with Crippen molar-refractivity contribution in [2.45, 2.75) is 38.2 Å². The number of rotatable bonds is 4. The standard InChI is InChI=1S/C17H24ClNO3S/c1-12-7-13(2)10-19(9-12)17(20)14(3)23(21,22)11-15-5-4-6-16(18)8-15/h4-6,8,12-14H,7,9-11H2,1-3H3/t12-,13+,14-/m0/s1. The lowest BCUT2D eigenvalue weighted by Gasteiger charge is -2.36. The number of benzene rings is 1. The lowest BCUT2D eigenvalue weighted by atomic mass is 9.92. The van der Waals surface area contributed by atoms with Crippen molar-refractivity contribution in [3.8, 4) is 0 Å². The molecule has 0 aliphatic carbocycles. The van der Waals surface area contributed by atoms with Crippen LogP contribution >= 0.6 is 11.6 Å². The minimum Gasteiger partial charge on any atom is -0.341 e. The van der Waals surface area contributed by atoms with E-state index < -0.39 is 15.1 Å². The Morgan fingerprint density at radius 3 is 2.48 bits per heavy atom. The Kier molecular flexibility index (Phi) is 5.74. The van der Waals surface area contributed by atoms with Crippen molar-refractivity contribution in [2.24, 2.45) is 11.8 Å². The normalized spacial score (nSPS) is 23.6. The summed E-state index contributed by atoms with van der Waals surface area (Å²) in [4.78, 5) is 14.3. The molecular formula is C17H24ClNO3S. The highest BCUT2D eigenvalue weighted by atomic mass is 35.5. The molecule has 23 heavy (non-hydrogen) atoms. The van der Waals surface area contributed by atoms with Gasteiger partial charge < -0.3 is 4.90 Å². The average Bonchev–Trinajstić information content (AvgIpc) is 2.44. The third-order valence-corrected chi connectivity index (χ3v) is 6.57. The van der Waals surface area contributed by atoms with Crippen LogP contribution in [0.4, 0.5) is 0 Å². The van der Waals surface area contributed by atoms with Gasteiger partial charge in [0.1, 0.15) is 5.25 Å². The van der Waals surface area contributed by atoms with E-state index in [1.807, 2.05) is 0 Å². The molecule has 1 aliphatic heterocycles. The van der Waals surface area contributed by atoms with E-state index in [4.69, 9.17) is 11.6 Å². The maximum absolute atomic E-state index is 12.6. The number of halogens is 1. The molecule has 1 saturated heterocycles. The molecule has 3 atom stereocenters. The van der Waals surface area contributed by atoms with E-state index in [-0.39, 0.29) is 11.7 Å². The van der Waals surface area contributed by atoms with Gasteiger partial charge in [-0.15, -0.1) is 0 Å². The Morgan fingerprint density at radius 2 is 1.91 bits per heavy atom. The van der Waals surface area contributed by atoms with E-state index in [1.165, 1.54) is 6.92 Å². The van der Waals surface area contributed by atoms with Crippen LogP contribution in [0.5, 0.6) is 0 Å². The van der Waals surface area contributed by atoms with Crippen LogP contribution in [-0.2, 0) is 20.4 Å². The molecule has 6 heteroatoms. The molecule has 0 bridgehead atoms. The van der Waals surface area contributed by atoms with Gasteiger partial charge in [-0.25, -0.2) is 8.42 Å². The molecule has 2 rings (SSSR count). The van der Waals surface area contributed by atoms with Crippen molar-refractivity contribution in [3.63, 3.8) is 0 Å². The molecule has 4 nitrogen and oxygen atoms in total. The van der Waals surface area contributed by atoms with Crippen molar-refractivity contribution in [1.82, 2.24) is 4.90 Å². The van der Waals surface area contributed by atoms with Gasteiger partial charge in [0, 0.05) is 18.1 Å². The predicted octanol–water partition coefficient (Wildman–Crippen LogP) is 3.15. The fourth-order valence-corrected chi connectivity index (χ4v) is 4.80. The average molecular weight is 358 g/mol. The summed E-state index contributed by atoms with van der Waals surface area (Å²) in [5, 5.41) is -0.533. The Bertz CT molecular complexity index is 664. The van der Waals surface area contributed by atoms with E-state index in [0.29, 0.717) is 35.5 Å². The summed E-state index contributed by atoms with van der Waals surface area (Å²) < 4.78 is 25.1. The number of nitrogens with zero attached hydrogens (tertiary/aromatic N) is 1. The SMILES string of the molecule is C[C@@H]1C[C@H](C)CN(C(=O)[C@H](C)S(=O)(=O)Cc2cccc(Cl)c2)C1. The Labute approximate surface area is 143 Å². The topological polar surface area (TPSA) is 54.5 Å². The van der Waals surface area contributed by atoms with Gasteiger partial charge in [0.05, 0.1) is 5.75 Å². The second-order valence-electron chi connectivity index (χ2n) is 6.77. The van der Waals surface area contributed by atoms with Crippen LogP contribution in [0.25, 0.3) is 0 Å². The van der Waals surface area contributed by atoms with E-state index in [0.717, 1.165) is 6.42 Å². The zero-order valence-corrected chi connectivity index (χ0v) is 15.4. The number of hydrogen-bond donors (Lipinski definition) is 0. The minimum absolute atomic E-state index is 0.167. The molecule has 0 saturated carbocycles. The molecule has 1 aliphatic rings. The van der Waals surface area contributed by atoms with Crippen molar-refractivity contribution in [3.05, 3.63) is 34.9 Å². The number of carbonyl (C=O) groups is 1. The molecular weight excluding hydrogens is 334 g/mol. The van der Waals surface area contributed by atoms with Crippen LogP contribution in [0.15, 0.2) is 24.3 Å². The summed E-state index contributed by atoms with van der Waals surface area (Å²) in [5.41, 5.74) is 0.609. The molecule has 0 spiro atoms. The zero-order chi connectivity index (χ0) is 17.2. The van der Waals surface area contributed by atoms with Gasteiger partial charge in [-0.3, -0.25) is 4.79 Å². The number of amides is 1. The highest BCUT2D eigenvalue weighted by Crippen LogP contribution is 2.23. The highest BCUT2D eigenvalue weighted by Gasteiger charge is 2.34. The maximum Gasteiger partial charge on any atom is 0.240 e.